The van der Waals surface area contributed by atoms with E-state index in [9.17, 15) is 35.9 Å². The highest BCUT2D eigenvalue weighted by atomic mass is 19.4. The molecule has 178 valence electrons. The number of ether oxygens (including phenoxy) is 3. The Morgan fingerprint density at radius 2 is 1.79 bits per heavy atom. The number of rotatable bonds is 2. The van der Waals surface area contributed by atoms with Gasteiger partial charge >= 0.3 is 24.3 Å². The van der Waals surface area contributed by atoms with Gasteiger partial charge < -0.3 is 19.1 Å². The number of nitrogens with zero attached hydrogens (tertiary/aromatic N) is 1. The Morgan fingerprint density at radius 3 is 2.45 bits per heavy atom. The highest BCUT2D eigenvalue weighted by Gasteiger charge is 2.65. The van der Waals surface area contributed by atoms with Gasteiger partial charge in [-0.25, -0.2) is 9.59 Å². The molecule has 0 radical (unpaired) electrons. The predicted molar refractivity (Wildman–Crippen MR) is 97.5 cm³/mol. The van der Waals surface area contributed by atoms with Crippen LogP contribution in [0.1, 0.15) is 17.5 Å². The Kier molecular flexibility index (Phi) is 4.59. The van der Waals surface area contributed by atoms with Crippen molar-refractivity contribution in [2.24, 2.45) is 5.92 Å². The molecule has 2 aliphatic carbocycles. The SMILES string of the molecule is CN1CC[C@]23c4c5ccc(OC(=O)C(F)(F)F)c4O[C@H]2[C@@H](OC(=O)C(F)(F)F)C=C[C@H]3[C@H]1C5. The van der Waals surface area contributed by atoms with Crippen LogP contribution >= 0.6 is 0 Å². The average Bonchev–Trinajstić information content (AvgIpc) is 3.07. The molecule has 1 aromatic carbocycles. The van der Waals surface area contributed by atoms with Gasteiger partial charge in [-0.3, -0.25) is 0 Å². The molecule has 0 amide bonds. The van der Waals surface area contributed by atoms with Gasteiger partial charge in [0.05, 0.1) is 0 Å². The van der Waals surface area contributed by atoms with Crippen LogP contribution < -0.4 is 9.47 Å². The van der Waals surface area contributed by atoms with Crippen molar-refractivity contribution in [3.8, 4) is 11.5 Å². The van der Waals surface area contributed by atoms with E-state index in [0.717, 1.165) is 5.56 Å². The molecule has 33 heavy (non-hydrogen) atoms. The van der Waals surface area contributed by atoms with E-state index < -0.39 is 47.7 Å². The average molecular weight is 477 g/mol. The number of hydrogen-bond donors (Lipinski definition) is 0. The molecule has 1 spiro atoms. The minimum absolute atomic E-state index is 0.0395. The molecule has 6 nitrogen and oxygen atoms in total. The number of likely N-dealkylation sites (N-methyl/N-ethyl adjacent to an activating group) is 1. The van der Waals surface area contributed by atoms with Gasteiger partial charge in [-0.15, -0.1) is 0 Å². The van der Waals surface area contributed by atoms with Gasteiger partial charge in [-0.1, -0.05) is 12.1 Å². The Morgan fingerprint density at radius 1 is 1.09 bits per heavy atom. The summed E-state index contributed by atoms with van der Waals surface area (Å²) in [5, 5.41) is 0. The lowest BCUT2D eigenvalue weighted by atomic mass is 9.53. The number of carbonyl (C=O) groups is 2. The molecule has 1 aromatic rings. The molecule has 1 saturated heterocycles. The van der Waals surface area contributed by atoms with Crippen molar-refractivity contribution >= 4 is 11.9 Å². The highest BCUT2D eigenvalue weighted by molar-refractivity contribution is 5.80. The lowest BCUT2D eigenvalue weighted by molar-refractivity contribution is -0.208. The molecule has 5 rings (SSSR count). The van der Waals surface area contributed by atoms with E-state index in [4.69, 9.17) is 9.47 Å². The summed E-state index contributed by atoms with van der Waals surface area (Å²) in [7, 11) is 1.91. The number of halogens is 6. The third kappa shape index (κ3) is 3.13. The second-order valence-corrected chi connectivity index (χ2v) is 8.67. The number of piperidine rings is 1. The zero-order chi connectivity index (χ0) is 23.9. The van der Waals surface area contributed by atoms with Gasteiger partial charge in [0.1, 0.15) is 6.10 Å². The van der Waals surface area contributed by atoms with Crippen LogP contribution in [-0.2, 0) is 26.2 Å². The number of hydrogen-bond acceptors (Lipinski definition) is 6. The quantitative estimate of drug-likeness (QED) is 0.283. The highest BCUT2D eigenvalue weighted by Crippen LogP contribution is 2.62. The third-order valence-corrected chi connectivity index (χ3v) is 7.02. The third-order valence-electron chi connectivity index (χ3n) is 7.02. The van der Waals surface area contributed by atoms with Crippen molar-refractivity contribution < 1.29 is 50.1 Å². The summed E-state index contributed by atoms with van der Waals surface area (Å²) in [6.45, 7) is 0.542. The molecular formula is C21H17F6NO5. The molecule has 2 bridgehead atoms. The van der Waals surface area contributed by atoms with Crippen LogP contribution in [0.15, 0.2) is 24.3 Å². The fourth-order valence-corrected chi connectivity index (χ4v) is 5.74. The van der Waals surface area contributed by atoms with Crippen molar-refractivity contribution in [1.29, 1.82) is 0 Å². The van der Waals surface area contributed by atoms with Crippen LogP contribution in [-0.4, -0.2) is 61.0 Å². The Bertz CT molecular complexity index is 1070. The number of alkyl halides is 6. The van der Waals surface area contributed by atoms with Crippen LogP contribution in [0.4, 0.5) is 26.3 Å². The van der Waals surface area contributed by atoms with E-state index in [2.05, 4.69) is 9.64 Å². The summed E-state index contributed by atoms with van der Waals surface area (Å²) >= 11 is 0. The van der Waals surface area contributed by atoms with E-state index in [1.54, 1.807) is 12.1 Å². The first kappa shape index (κ1) is 22.1. The molecule has 0 N–H and O–H groups in total. The van der Waals surface area contributed by atoms with Crippen LogP contribution in [0.2, 0.25) is 0 Å². The maximum atomic E-state index is 12.9. The van der Waals surface area contributed by atoms with Crippen LogP contribution in [0.25, 0.3) is 0 Å². The molecule has 0 unspecified atom stereocenters. The Balaban J connectivity index is 1.61. The molecule has 1 fully saturated rings. The maximum Gasteiger partial charge on any atom is 0.491 e. The lowest BCUT2D eigenvalue weighted by Gasteiger charge is -2.56. The van der Waals surface area contributed by atoms with Gasteiger partial charge in [0.15, 0.2) is 17.6 Å². The second kappa shape index (κ2) is 6.87. The topological polar surface area (TPSA) is 65.1 Å². The molecule has 2 aliphatic heterocycles. The van der Waals surface area contributed by atoms with E-state index in [1.165, 1.54) is 12.1 Å². The zero-order valence-electron chi connectivity index (χ0n) is 17.0. The molecular weight excluding hydrogens is 460 g/mol. The van der Waals surface area contributed by atoms with Crippen LogP contribution in [0.5, 0.6) is 11.5 Å². The fraction of sp³-hybridized carbons (Fsp3) is 0.524. The first-order valence-corrected chi connectivity index (χ1v) is 10.1. The number of benzene rings is 1. The standard InChI is InChI=1S/C21H17F6NO5/c1-28-7-6-19-10-3-5-13(32-18(30)21(25,26)27)16(19)33-15-12(31-17(29)20(22,23)24)4-2-9(14(15)19)8-11(10)28/h2-5,10-11,13,16H,6-8H2,1H3/t10-,11+,13-,16-,19-/m0/s1. The Labute approximate surface area is 183 Å². The van der Waals surface area contributed by atoms with Crippen molar-refractivity contribution in [1.82, 2.24) is 4.90 Å². The van der Waals surface area contributed by atoms with Gasteiger partial charge in [-0.2, -0.15) is 26.3 Å². The molecule has 12 heteroatoms. The van der Waals surface area contributed by atoms with Crippen molar-refractivity contribution in [2.75, 3.05) is 13.6 Å². The molecule has 0 saturated carbocycles. The summed E-state index contributed by atoms with van der Waals surface area (Å²) in [5.41, 5.74) is 0.307. The molecule has 4 aliphatic rings. The minimum atomic E-state index is -5.25. The fourth-order valence-electron chi connectivity index (χ4n) is 5.74. The number of likely N-dealkylation sites (tertiary alicyclic amines) is 1. The van der Waals surface area contributed by atoms with Crippen molar-refractivity contribution in [3.05, 3.63) is 35.4 Å². The van der Waals surface area contributed by atoms with E-state index >= 15 is 0 Å². The van der Waals surface area contributed by atoms with Crippen LogP contribution in [0.3, 0.4) is 0 Å². The first-order chi connectivity index (χ1) is 15.3. The van der Waals surface area contributed by atoms with Gasteiger partial charge in [0, 0.05) is 22.9 Å². The van der Waals surface area contributed by atoms with Gasteiger partial charge in [-0.05, 0) is 44.1 Å². The molecule has 5 atom stereocenters. The summed E-state index contributed by atoms with van der Waals surface area (Å²) in [4.78, 5) is 25.1. The summed E-state index contributed by atoms with van der Waals surface area (Å²) in [6, 6.07) is 2.69. The monoisotopic (exact) mass is 477 g/mol. The molecule has 2 heterocycles. The van der Waals surface area contributed by atoms with E-state index in [1.807, 2.05) is 7.05 Å². The lowest BCUT2D eigenvalue weighted by Crippen LogP contribution is -2.65. The summed E-state index contributed by atoms with van der Waals surface area (Å²) in [6.07, 6.45) is -9.07. The normalized spacial score (nSPS) is 32.1. The maximum absolute atomic E-state index is 12.9. The number of esters is 2. The van der Waals surface area contributed by atoms with Crippen LogP contribution in [0, 0.1) is 5.92 Å². The summed E-state index contributed by atoms with van der Waals surface area (Å²) in [5.74, 6) is -5.68. The first-order valence-electron chi connectivity index (χ1n) is 10.1. The predicted octanol–water partition coefficient (Wildman–Crippen LogP) is 3.07. The van der Waals surface area contributed by atoms with Crippen molar-refractivity contribution in [3.63, 3.8) is 0 Å². The second-order valence-electron chi connectivity index (χ2n) is 8.67. The zero-order valence-corrected chi connectivity index (χ0v) is 17.0. The molecule has 0 aromatic heterocycles. The van der Waals surface area contributed by atoms with Gasteiger partial charge in [0.25, 0.3) is 0 Å². The van der Waals surface area contributed by atoms with Crippen molar-refractivity contribution in [2.45, 2.75) is 48.9 Å². The smallest absolute Gasteiger partial charge is 0.481 e. The Hall–Kier alpha value is -2.76. The van der Waals surface area contributed by atoms with E-state index in [0.29, 0.717) is 24.9 Å². The minimum Gasteiger partial charge on any atom is -0.481 e. The van der Waals surface area contributed by atoms with E-state index in [-0.39, 0.29) is 17.7 Å². The largest absolute Gasteiger partial charge is 0.491 e. The number of carbonyl (C=O) groups excluding carboxylic acids is 2. The van der Waals surface area contributed by atoms with Gasteiger partial charge in [0.2, 0.25) is 0 Å². The summed E-state index contributed by atoms with van der Waals surface area (Å²) < 4.78 is 92.2.